The fraction of sp³-hybridized carbons (Fsp3) is 0.323. The number of benzene rings is 3. The van der Waals surface area contributed by atoms with Crippen molar-refractivity contribution in [3.63, 3.8) is 0 Å². The van der Waals surface area contributed by atoms with E-state index in [0.29, 0.717) is 6.54 Å². The van der Waals surface area contributed by atoms with E-state index in [4.69, 9.17) is 4.74 Å². The highest BCUT2D eigenvalue weighted by atomic mass is 32.2. The zero-order valence-corrected chi connectivity index (χ0v) is 22.7. The number of hydrogen-bond acceptors (Lipinski definition) is 5. The second kappa shape index (κ2) is 12.8. The van der Waals surface area contributed by atoms with E-state index in [0.717, 1.165) is 11.1 Å². The summed E-state index contributed by atoms with van der Waals surface area (Å²) in [6.45, 7) is 10.6. The summed E-state index contributed by atoms with van der Waals surface area (Å²) in [4.78, 5) is 14.9. The van der Waals surface area contributed by atoms with Gasteiger partial charge in [0.25, 0.3) is 0 Å². The molecule has 3 aromatic carbocycles. The molecule has 0 aliphatic rings. The van der Waals surface area contributed by atoms with Crippen LogP contribution in [0.5, 0.6) is 0 Å². The van der Waals surface area contributed by atoms with Crippen LogP contribution >= 0.6 is 0 Å². The SMILES string of the molecule is C=C[C@@](CN(Cc1ccccc1)[C@@H](C)c1ccccc1)([C@H](C)CC(=O)OCC)S(=O)(=O)c1ccccc1. The zero-order chi connectivity index (χ0) is 26.9. The monoisotopic (exact) mass is 519 g/mol. The van der Waals surface area contributed by atoms with Gasteiger partial charge in [-0.25, -0.2) is 8.42 Å². The van der Waals surface area contributed by atoms with E-state index in [2.05, 4.69) is 18.4 Å². The Morgan fingerprint density at radius 2 is 1.49 bits per heavy atom. The first-order chi connectivity index (χ1) is 17.7. The number of hydrogen-bond donors (Lipinski definition) is 0. The maximum Gasteiger partial charge on any atom is 0.306 e. The summed E-state index contributed by atoms with van der Waals surface area (Å²) in [6, 6.07) is 28.3. The summed E-state index contributed by atoms with van der Waals surface area (Å²) >= 11 is 0. The Bertz CT molecular complexity index is 1250. The van der Waals surface area contributed by atoms with E-state index in [1.807, 2.05) is 60.7 Å². The molecule has 0 bridgehead atoms. The minimum atomic E-state index is -3.94. The first-order valence-electron chi connectivity index (χ1n) is 12.7. The summed E-state index contributed by atoms with van der Waals surface area (Å²) in [5.74, 6) is -1.01. The Kier molecular flexibility index (Phi) is 9.84. The van der Waals surface area contributed by atoms with Gasteiger partial charge in [0.05, 0.1) is 11.5 Å². The molecule has 0 saturated carbocycles. The van der Waals surface area contributed by atoms with Crippen molar-refractivity contribution in [2.75, 3.05) is 13.2 Å². The molecule has 0 spiro atoms. The number of ether oxygens (including phenoxy) is 1. The van der Waals surface area contributed by atoms with Crippen LogP contribution in [0.1, 0.15) is 44.4 Å². The van der Waals surface area contributed by atoms with Crippen molar-refractivity contribution in [1.82, 2.24) is 4.90 Å². The molecular formula is C31H37NO4S. The summed E-state index contributed by atoms with van der Waals surface area (Å²) in [5.41, 5.74) is 2.14. The first kappa shape index (κ1) is 28.4. The minimum absolute atomic E-state index is 0.0369. The second-order valence-corrected chi connectivity index (χ2v) is 11.6. The highest BCUT2D eigenvalue weighted by molar-refractivity contribution is 7.93. The van der Waals surface area contributed by atoms with Gasteiger partial charge < -0.3 is 4.74 Å². The fourth-order valence-electron chi connectivity index (χ4n) is 4.75. The van der Waals surface area contributed by atoms with Crippen LogP contribution in [0.2, 0.25) is 0 Å². The quantitative estimate of drug-likeness (QED) is 0.198. The molecule has 0 aliphatic heterocycles. The van der Waals surface area contributed by atoms with Crippen LogP contribution in [-0.2, 0) is 25.9 Å². The van der Waals surface area contributed by atoms with Crippen LogP contribution in [0.25, 0.3) is 0 Å². The molecule has 0 heterocycles. The lowest BCUT2D eigenvalue weighted by Gasteiger charge is -2.42. The largest absolute Gasteiger partial charge is 0.466 e. The van der Waals surface area contributed by atoms with E-state index in [1.54, 1.807) is 44.2 Å². The average Bonchev–Trinajstić information content (AvgIpc) is 2.92. The van der Waals surface area contributed by atoms with Crippen molar-refractivity contribution in [1.29, 1.82) is 0 Å². The molecule has 0 N–H and O–H groups in total. The zero-order valence-electron chi connectivity index (χ0n) is 21.9. The molecule has 0 saturated heterocycles. The van der Waals surface area contributed by atoms with Crippen LogP contribution in [0.15, 0.2) is 109 Å². The Morgan fingerprint density at radius 3 is 2.03 bits per heavy atom. The molecule has 196 valence electrons. The Morgan fingerprint density at radius 1 is 0.946 bits per heavy atom. The second-order valence-electron chi connectivity index (χ2n) is 9.36. The number of nitrogens with zero attached hydrogens (tertiary/aromatic N) is 1. The standard InChI is InChI=1S/C31H37NO4S/c1-5-31(25(3)22-30(33)36-6-2,37(34,35)29-20-14-9-15-21-29)24-32(23-27-16-10-7-11-17-27)26(4)28-18-12-8-13-19-28/h5,7-21,25-26H,1,6,22-24H2,2-4H3/t25-,26+,31-/m1/s1. The Balaban J connectivity index is 2.13. The number of sulfone groups is 1. The fourth-order valence-corrected chi connectivity index (χ4v) is 6.87. The van der Waals surface area contributed by atoms with Crippen molar-refractivity contribution in [2.24, 2.45) is 5.92 Å². The van der Waals surface area contributed by atoms with Crippen LogP contribution in [-0.4, -0.2) is 37.2 Å². The first-order valence-corrected chi connectivity index (χ1v) is 14.1. The normalized spacial score (nSPS) is 14.9. The van der Waals surface area contributed by atoms with Gasteiger partial charge in [-0.2, -0.15) is 0 Å². The number of esters is 1. The lowest BCUT2D eigenvalue weighted by atomic mass is 9.88. The molecular weight excluding hydrogens is 482 g/mol. The third kappa shape index (κ3) is 6.56. The van der Waals surface area contributed by atoms with Crippen molar-refractivity contribution in [2.45, 2.75) is 49.4 Å². The Labute approximate surface area is 221 Å². The number of carbonyl (C=O) groups excluding carboxylic acids is 1. The molecule has 0 aliphatic carbocycles. The summed E-state index contributed by atoms with van der Waals surface area (Å²) < 4.78 is 32.5. The lowest BCUT2D eigenvalue weighted by molar-refractivity contribution is -0.144. The van der Waals surface area contributed by atoms with E-state index >= 15 is 0 Å². The molecule has 3 atom stereocenters. The molecule has 0 unspecified atom stereocenters. The summed E-state index contributed by atoms with van der Waals surface area (Å²) in [5, 5.41) is 0. The molecule has 0 radical (unpaired) electrons. The number of carbonyl (C=O) groups is 1. The molecule has 0 aromatic heterocycles. The predicted octanol–water partition coefficient (Wildman–Crippen LogP) is 6.24. The van der Waals surface area contributed by atoms with Gasteiger partial charge in [0, 0.05) is 25.6 Å². The van der Waals surface area contributed by atoms with Crippen molar-refractivity contribution in [3.05, 3.63) is 115 Å². The van der Waals surface area contributed by atoms with Crippen molar-refractivity contribution >= 4 is 15.8 Å². The van der Waals surface area contributed by atoms with E-state index in [1.165, 1.54) is 6.08 Å². The number of rotatable bonds is 13. The molecule has 3 rings (SSSR count). The Hall–Kier alpha value is -3.22. The van der Waals surface area contributed by atoms with E-state index < -0.39 is 26.5 Å². The van der Waals surface area contributed by atoms with Gasteiger partial charge in [-0.05, 0) is 43.0 Å². The van der Waals surface area contributed by atoms with Gasteiger partial charge in [0.2, 0.25) is 0 Å². The third-order valence-corrected chi connectivity index (χ3v) is 9.61. The van der Waals surface area contributed by atoms with Gasteiger partial charge in [-0.1, -0.05) is 91.9 Å². The predicted molar refractivity (Wildman–Crippen MR) is 149 cm³/mol. The highest BCUT2D eigenvalue weighted by Crippen LogP contribution is 2.39. The third-order valence-electron chi connectivity index (χ3n) is 7.02. The molecule has 37 heavy (non-hydrogen) atoms. The molecule has 6 heteroatoms. The van der Waals surface area contributed by atoms with Gasteiger partial charge in [-0.3, -0.25) is 9.69 Å². The lowest BCUT2D eigenvalue weighted by Crippen LogP contribution is -2.52. The maximum absolute atomic E-state index is 14.4. The molecule has 3 aromatic rings. The average molecular weight is 520 g/mol. The smallest absolute Gasteiger partial charge is 0.306 e. The topological polar surface area (TPSA) is 63.7 Å². The van der Waals surface area contributed by atoms with E-state index in [9.17, 15) is 13.2 Å². The van der Waals surface area contributed by atoms with Gasteiger partial charge in [0.15, 0.2) is 9.84 Å². The summed E-state index contributed by atoms with van der Waals surface area (Å²) in [7, 11) is -3.94. The van der Waals surface area contributed by atoms with Crippen LogP contribution in [0, 0.1) is 5.92 Å². The van der Waals surface area contributed by atoms with Crippen LogP contribution < -0.4 is 0 Å². The summed E-state index contributed by atoms with van der Waals surface area (Å²) in [6.07, 6.45) is 1.49. The van der Waals surface area contributed by atoms with Crippen LogP contribution in [0.3, 0.4) is 0 Å². The maximum atomic E-state index is 14.4. The minimum Gasteiger partial charge on any atom is -0.466 e. The molecule has 0 fully saturated rings. The van der Waals surface area contributed by atoms with Gasteiger partial charge in [-0.15, -0.1) is 6.58 Å². The van der Waals surface area contributed by atoms with Gasteiger partial charge >= 0.3 is 5.97 Å². The van der Waals surface area contributed by atoms with E-state index in [-0.39, 0.29) is 30.5 Å². The highest BCUT2D eigenvalue weighted by Gasteiger charge is 2.49. The molecule has 5 nitrogen and oxygen atoms in total. The van der Waals surface area contributed by atoms with Crippen LogP contribution in [0.4, 0.5) is 0 Å². The van der Waals surface area contributed by atoms with Crippen molar-refractivity contribution in [3.8, 4) is 0 Å². The van der Waals surface area contributed by atoms with Gasteiger partial charge in [0.1, 0.15) is 4.75 Å². The van der Waals surface area contributed by atoms with Crippen molar-refractivity contribution < 1.29 is 17.9 Å². The molecule has 0 amide bonds.